The molecule has 3 heteroatoms. The van der Waals surface area contributed by atoms with Gasteiger partial charge in [-0.1, -0.05) is 6.07 Å². The average molecular weight is 232 g/mol. The Morgan fingerprint density at radius 2 is 2.12 bits per heavy atom. The summed E-state index contributed by atoms with van der Waals surface area (Å²) in [5, 5.41) is 5.50. The number of aryl methyl sites for hydroxylation is 1. The summed E-state index contributed by atoms with van der Waals surface area (Å²) in [6.07, 6.45) is 5.93. The van der Waals surface area contributed by atoms with Crippen LogP contribution in [-0.4, -0.2) is 12.0 Å². The summed E-state index contributed by atoms with van der Waals surface area (Å²) in [4.78, 5) is 5.44. The van der Waals surface area contributed by atoms with Gasteiger partial charge in [0.2, 0.25) is 0 Å². The van der Waals surface area contributed by atoms with Gasteiger partial charge >= 0.3 is 0 Å². The van der Waals surface area contributed by atoms with Crippen LogP contribution in [0.3, 0.4) is 0 Å². The van der Waals surface area contributed by atoms with Crippen LogP contribution in [0.5, 0.6) is 0 Å². The van der Waals surface area contributed by atoms with E-state index in [2.05, 4.69) is 39.9 Å². The molecule has 16 heavy (non-hydrogen) atoms. The number of pyridine rings is 1. The number of aromatic nitrogens is 1. The number of thiophene rings is 1. The van der Waals surface area contributed by atoms with Gasteiger partial charge in [-0.25, -0.2) is 0 Å². The van der Waals surface area contributed by atoms with Crippen molar-refractivity contribution in [3.8, 4) is 0 Å². The van der Waals surface area contributed by atoms with Crippen LogP contribution >= 0.6 is 11.3 Å². The van der Waals surface area contributed by atoms with Gasteiger partial charge < -0.3 is 5.32 Å². The van der Waals surface area contributed by atoms with Crippen molar-refractivity contribution < 1.29 is 0 Å². The van der Waals surface area contributed by atoms with Gasteiger partial charge in [-0.15, -0.1) is 11.3 Å². The Labute approximate surface area is 100 Å². The maximum Gasteiger partial charge on any atom is 0.0415 e. The lowest BCUT2D eigenvalue weighted by Crippen LogP contribution is -2.15. The molecule has 0 saturated carbocycles. The Morgan fingerprint density at radius 3 is 2.75 bits per heavy atom. The molecule has 0 saturated heterocycles. The van der Waals surface area contributed by atoms with Gasteiger partial charge in [0.15, 0.2) is 0 Å². The van der Waals surface area contributed by atoms with Gasteiger partial charge in [-0.2, -0.15) is 0 Å². The first-order chi connectivity index (χ1) is 7.90. The van der Waals surface area contributed by atoms with E-state index < -0.39 is 0 Å². The Bertz CT molecular complexity index is 397. The first kappa shape index (κ1) is 11.3. The molecule has 0 aliphatic heterocycles. The molecule has 0 amide bonds. The van der Waals surface area contributed by atoms with Gasteiger partial charge in [0.05, 0.1) is 0 Å². The summed E-state index contributed by atoms with van der Waals surface area (Å²) in [5.41, 5.74) is 1.35. The van der Waals surface area contributed by atoms with Gasteiger partial charge in [-0.05, 0) is 49.0 Å². The summed E-state index contributed by atoms with van der Waals surface area (Å²) in [5.74, 6) is 0. The van der Waals surface area contributed by atoms with Crippen molar-refractivity contribution >= 4 is 11.3 Å². The second-order valence-corrected chi connectivity index (χ2v) is 4.73. The van der Waals surface area contributed by atoms with E-state index in [0.29, 0.717) is 6.04 Å². The summed E-state index contributed by atoms with van der Waals surface area (Å²) < 4.78 is 0. The van der Waals surface area contributed by atoms with Crippen LogP contribution in [0.25, 0.3) is 0 Å². The predicted octanol–water partition coefficient (Wildman–Crippen LogP) is 3.04. The Morgan fingerprint density at radius 1 is 1.31 bits per heavy atom. The third-order valence-corrected chi connectivity index (χ3v) is 3.69. The van der Waals surface area contributed by atoms with Gasteiger partial charge in [0.25, 0.3) is 0 Å². The standard InChI is InChI=1S/C13H16N2S/c1-14-12(13-3-2-10-16-13)5-4-11-6-8-15-9-7-11/h2-3,6-10,12,14H,4-5H2,1H3. The van der Waals surface area contributed by atoms with Crippen molar-refractivity contribution in [1.29, 1.82) is 0 Å². The third-order valence-electron chi connectivity index (χ3n) is 2.71. The molecule has 0 bridgehead atoms. The fraction of sp³-hybridized carbons (Fsp3) is 0.308. The van der Waals surface area contributed by atoms with E-state index in [0.717, 1.165) is 12.8 Å². The van der Waals surface area contributed by atoms with Crippen molar-refractivity contribution in [2.24, 2.45) is 0 Å². The molecule has 0 radical (unpaired) electrons. The lowest BCUT2D eigenvalue weighted by Gasteiger charge is -2.14. The first-order valence-electron chi connectivity index (χ1n) is 5.49. The van der Waals surface area contributed by atoms with Gasteiger partial charge in [-0.3, -0.25) is 4.98 Å². The van der Waals surface area contributed by atoms with E-state index in [-0.39, 0.29) is 0 Å². The van der Waals surface area contributed by atoms with Crippen LogP contribution in [0.15, 0.2) is 42.0 Å². The lowest BCUT2D eigenvalue weighted by atomic mass is 10.1. The second-order valence-electron chi connectivity index (χ2n) is 3.75. The van der Waals surface area contributed by atoms with E-state index >= 15 is 0 Å². The van der Waals surface area contributed by atoms with Crippen molar-refractivity contribution in [2.75, 3.05) is 7.05 Å². The first-order valence-corrected chi connectivity index (χ1v) is 6.37. The highest BCUT2D eigenvalue weighted by Gasteiger charge is 2.09. The van der Waals surface area contributed by atoms with Crippen LogP contribution in [-0.2, 0) is 6.42 Å². The van der Waals surface area contributed by atoms with Gasteiger partial charge in [0.1, 0.15) is 0 Å². The SMILES string of the molecule is CNC(CCc1ccncc1)c1cccs1. The third kappa shape index (κ3) is 2.90. The largest absolute Gasteiger partial charge is 0.312 e. The summed E-state index contributed by atoms with van der Waals surface area (Å²) in [7, 11) is 2.02. The normalized spacial score (nSPS) is 12.6. The van der Waals surface area contributed by atoms with Crippen molar-refractivity contribution in [3.05, 3.63) is 52.5 Å². The van der Waals surface area contributed by atoms with Crippen molar-refractivity contribution in [2.45, 2.75) is 18.9 Å². The van der Waals surface area contributed by atoms with Crippen LogP contribution in [0.1, 0.15) is 22.9 Å². The Balaban J connectivity index is 1.94. The minimum Gasteiger partial charge on any atom is -0.312 e. The number of rotatable bonds is 5. The predicted molar refractivity (Wildman–Crippen MR) is 68.7 cm³/mol. The maximum absolute atomic E-state index is 4.03. The zero-order chi connectivity index (χ0) is 11.2. The van der Waals surface area contributed by atoms with Crippen LogP contribution < -0.4 is 5.32 Å². The number of nitrogens with zero attached hydrogens (tertiary/aromatic N) is 1. The fourth-order valence-corrected chi connectivity index (χ4v) is 2.65. The molecular weight excluding hydrogens is 216 g/mol. The second kappa shape index (κ2) is 5.77. The molecule has 0 aliphatic rings. The highest BCUT2D eigenvalue weighted by molar-refractivity contribution is 7.10. The minimum absolute atomic E-state index is 0.466. The average Bonchev–Trinajstić information content (AvgIpc) is 2.85. The molecule has 1 unspecified atom stereocenters. The molecule has 0 fully saturated rings. The molecule has 2 aromatic heterocycles. The van der Waals surface area contributed by atoms with Gasteiger partial charge in [0, 0.05) is 23.3 Å². The quantitative estimate of drug-likeness (QED) is 0.857. The molecule has 1 atom stereocenters. The van der Waals surface area contributed by atoms with E-state index in [1.807, 2.05) is 30.8 Å². The van der Waals surface area contributed by atoms with Crippen molar-refractivity contribution in [3.63, 3.8) is 0 Å². The van der Waals surface area contributed by atoms with Crippen LogP contribution in [0.4, 0.5) is 0 Å². The molecule has 0 spiro atoms. The zero-order valence-corrected chi connectivity index (χ0v) is 10.2. The minimum atomic E-state index is 0.466. The zero-order valence-electron chi connectivity index (χ0n) is 9.39. The molecule has 2 heterocycles. The molecule has 1 N–H and O–H groups in total. The number of hydrogen-bond donors (Lipinski definition) is 1. The smallest absolute Gasteiger partial charge is 0.0415 e. The number of hydrogen-bond acceptors (Lipinski definition) is 3. The summed E-state index contributed by atoms with van der Waals surface area (Å²) in [6, 6.07) is 8.94. The molecule has 0 aliphatic carbocycles. The van der Waals surface area contributed by atoms with Crippen LogP contribution in [0.2, 0.25) is 0 Å². The monoisotopic (exact) mass is 232 g/mol. The van der Waals surface area contributed by atoms with Crippen LogP contribution in [0, 0.1) is 0 Å². The van der Waals surface area contributed by atoms with E-state index in [9.17, 15) is 0 Å². The summed E-state index contributed by atoms with van der Waals surface area (Å²) in [6.45, 7) is 0. The van der Waals surface area contributed by atoms with Crippen molar-refractivity contribution in [1.82, 2.24) is 10.3 Å². The number of nitrogens with one attached hydrogen (secondary N) is 1. The lowest BCUT2D eigenvalue weighted by molar-refractivity contribution is 0.558. The maximum atomic E-state index is 4.03. The Hall–Kier alpha value is -1.19. The molecular formula is C13H16N2S. The van der Waals surface area contributed by atoms with E-state index in [1.165, 1.54) is 10.4 Å². The summed E-state index contributed by atoms with van der Waals surface area (Å²) >= 11 is 1.82. The highest BCUT2D eigenvalue weighted by atomic mass is 32.1. The molecule has 0 aromatic carbocycles. The molecule has 2 rings (SSSR count). The van der Waals surface area contributed by atoms with E-state index in [4.69, 9.17) is 0 Å². The van der Waals surface area contributed by atoms with E-state index in [1.54, 1.807) is 0 Å². The molecule has 84 valence electrons. The highest BCUT2D eigenvalue weighted by Crippen LogP contribution is 2.22. The molecule has 2 nitrogen and oxygen atoms in total. The Kier molecular flexibility index (Phi) is 4.08. The fourth-order valence-electron chi connectivity index (χ4n) is 1.78. The molecule has 2 aromatic rings. The topological polar surface area (TPSA) is 24.9 Å².